The number of primary amides is 1. The predicted octanol–water partition coefficient (Wildman–Crippen LogP) is 3.76. The summed E-state index contributed by atoms with van der Waals surface area (Å²) in [7, 11) is 0. The minimum atomic E-state index is -0.425. The zero-order chi connectivity index (χ0) is 20.1. The smallest absolute Gasteiger partial charge is 0.248 e. The molecule has 1 aliphatic rings. The van der Waals surface area contributed by atoms with Gasteiger partial charge in [-0.15, -0.1) is 24.0 Å². The molecule has 1 aliphatic heterocycles. The van der Waals surface area contributed by atoms with E-state index in [9.17, 15) is 4.79 Å². The van der Waals surface area contributed by atoms with Crippen LogP contribution in [0.2, 0.25) is 0 Å². The Hall–Kier alpha value is -2.29. The Labute approximate surface area is 189 Å². The Balaban J connectivity index is 0.00000300. The van der Waals surface area contributed by atoms with E-state index < -0.39 is 5.91 Å². The van der Waals surface area contributed by atoms with E-state index in [1.54, 1.807) is 12.1 Å². The summed E-state index contributed by atoms with van der Waals surface area (Å²) in [6.45, 7) is 7.51. The van der Waals surface area contributed by atoms with Crippen LogP contribution in [0.1, 0.15) is 54.7 Å². The highest BCUT2D eigenvalue weighted by molar-refractivity contribution is 14.0. The first-order valence-corrected chi connectivity index (χ1v) is 9.59. The summed E-state index contributed by atoms with van der Waals surface area (Å²) in [4.78, 5) is 15.9. The summed E-state index contributed by atoms with van der Waals surface area (Å²) in [6, 6.07) is 15.4. The number of benzene rings is 2. The van der Waals surface area contributed by atoms with Crippen LogP contribution in [-0.2, 0) is 6.54 Å². The van der Waals surface area contributed by atoms with Crippen LogP contribution >= 0.6 is 24.0 Å². The summed E-state index contributed by atoms with van der Waals surface area (Å²) in [5.41, 5.74) is 7.68. The number of carbonyl (C=O) groups excluding carboxylic acids is 1. The molecular weight excluding hydrogens is 479 g/mol. The lowest BCUT2D eigenvalue weighted by molar-refractivity contribution is 0.0694. The van der Waals surface area contributed by atoms with Crippen molar-refractivity contribution in [2.45, 2.75) is 45.4 Å². The molecule has 0 bridgehead atoms. The van der Waals surface area contributed by atoms with E-state index in [4.69, 9.17) is 15.5 Å². The molecule has 3 rings (SSSR count). The molecule has 0 aromatic heterocycles. The average Bonchev–Trinajstić information content (AvgIpc) is 2.65. The molecule has 1 heterocycles. The minimum absolute atomic E-state index is 0. The molecule has 156 valence electrons. The van der Waals surface area contributed by atoms with Crippen molar-refractivity contribution in [1.82, 2.24) is 10.6 Å². The molecule has 0 spiro atoms. The van der Waals surface area contributed by atoms with E-state index in [0.29, 0.717) is 12.1 Å². The quantitative estimate of drug-likeness (QED) is 0.326. The van der Waals surface area contributed by atoms with Crippen LogP contribution < -0.4 is 21.1 Å². The molecule has 2 aromatic rings. The molecule has 29 heavy (non-hydrogen) atoms. The third-order valence-corrected chi connectivity index (χ3v) is 4.69. The number of fused-ring (bicyclic) bond motifs is 1. The molecule has 0 fully saturated rings. The van der Waals surface area contributed by atoms with Gasteiger partial charge >= 0.3 is 0 Å². The number of nitrogens with zero attached hydrogens (tertiary/aromatic N) is 1. The monoisotopic (exact) mass is 508 g/mol. The minimum Gasteiger partial charge on any atom is -0.487 e. The lowest BCUT2D eigenvalue weighted by Crippen LogP contribution is -2.45. The van der Waals surface area contributed by atoms with Gasteiger partial charge in [-0.25, -0.2) is 4.99 Å². The van der Waals surface area contributed by atoms with Crippen molar-refractivity contribution in [1.29, 1.82) is 0 Å². The number of nitrogens with one attached hydrogen (secondary N) is 2. The predicted molar refractivity (Wildman–Crippen MR) is 127 cm³/mol. The van der Waals surface area contributed by atoms with Crippen molar-refractivity contribution in [2.75, 3.05) is 6.54 Å². The summed E-state index contributed by atoms with van der Waals surface area (Å²) in [5.74, 6) is 1.24. The van der Waals surface area contributed by atoms with Gasteiger partial charge in [0.2, 0.25) is 5.91 Å². The normalized spacial score (nSPS) is 17.3. The van der Waals surface area contributed by atoms with Crippen LogP contribution in [0.25, 0.3) is 0 Å². The molecule has 6 nitrogen and oxygen atoms in total. The highest BCUT2D eigenvalue weighted by atomic mass is 127. The number of halogens is 1. The number of carbonyl (C=O) groups is 1. The number of guanidine groups is 1. The second kappa shape index (κ2) is 9.96. The summed E-state index contributed by atoms with van der Waals surface area (Å²) in [5, 5.41) is 6.87. The number of nitrogens with two attached hydrogens (primary N) is 1. The highest BCUT2D eigenvalue weighted by Crippen LogP contribution is 2.39. The standard InChI is InChI=1S/C22H28N4O2.HI/c1-4-24-21(25-14-15-9-11-16(12-10-15)20(23)27)26-18-13-22(2,3)28-19-8-6-5-7-17(18)19;/h5-12,18H,4,13-14H2,1-3H3,(H2,23,27)(H2,24,25,26);1H. The molecule has 0 saturated heterocycles. The first kappa shape index (κ1) is 23.0. The Morgan fingerprint density at radius 3 is 2.55 bits per heavy atom. The van der Waals surface area contributed by atoms with Gasteiger partial charge < -0.3 is 21.1 Å². The number of hydrogen-bond acceptors (Lipinski definition) is 3. The summed E-state index contributed by atoms with van der Waals surface area (Å²) < 4.78 is 6.11. The van der Waals surface area contributed by atoms with E-state index in [1.165, 1.54) is 0 Å². The van der Waals surface area contributed by atoms with Crippen molar-refractivity contribution in [2.24, 2.45) is 10.7 Å². The molecule has 0 saturated carbocycles. The van der Waals surface area contributed by atoms with Gasteiger partial charge in [-0.2, -0.15) is 0 Å². The third kappa shape index (κ3) is 6.09. The van der Waals surface area contributed by atoms with Crippen LogP contribution in [0.3, 0.4) is 0 Å². The van der Waals surface area contributed by atoms with E-state index in [2.05, 4.69) is 30.5 Å². The molecule has 1 unspecified atom stereocenters. The fourth-order valence-corrected chi connectivity index (χ4v) is 3.36. The number of aliphatic imine (C=N–C) groups is 1. The second-order valence-electron chi connectivity index (χ2n) is 7.56. The third-order valence-electron chi connectivity index (χ3n) is 4.69. The maximum Gasteiger partial charge on any atom is 0.248 e. The topological polar surface area (TPSA) is 88.7 Å². The number of rotatable bonds is 5. The maximum atomic E-state index is 11.2. The molecule has 7 heteroatoms. The van der Waals surface area contributed by atoms with Crippen LogP contribution in [-0.4, -0.2) is 24.0 Å². The fraction of sp³-hybridized carbons (Fsp3) is 0.364. The molecule has 0 radical (unpaired) electrons. The van der Waals surface area contributed by atoms with Gasteiger partial charge in [-0.05, 0) is 44.5 Å². The maximum absolute atomic E-state index is 11.2. The molecule has 2 aromatic carbocycles. The van der Waals surface area contributed by atoms with Crippen molar-refractivity contribution in [3.63, 3.8) is 0 Å². The van der Waals surface area contributed by atoms with Gasteiger partial charge in [0, 0.05) is 24.1 Å². The molecule has 0 aliphatic carbocycles. The Bertz CT molecular complexity index is 865. The van der Waals surface area contributed by atoms with Crippen molar-refractivity contribution in [3.05, 3.63) is 65.2 Å². The van der Waals surface area contributed by atoms with Crippen molar-refractivity contribution < 1.29 is 9.53 Å². The number of ether oxygens (including phenoxy) is 1. The van der Waals surface area contributed by atoms with Gasteiger partial charge in [0.15, 0.2) is 5.96 Å². The van der Waals surface area contributed by atoms with E-state index in [1.807, 2.05) is 37.3 Å². The van der Waals surface area contributed by atoms with Crippen LogP contribution in [0.5, 0.6) is 5.75 Å². The molecule has 1 amide bonds. The van der Waals surface area contributed by atoms with Gasteiger partial charge in [0.1, 0.15) is 11.4 Å². The SMILES string of the molecule is CCNC(=NCc1ccc(C(N)=O)cc1)NC1CC(C)(C)Oc2ccccc21.I. The fourth-order valence-electron chi connectivity index (χ4n) is 3.36. The Morgan fingerprint density at radius 1 is 1.21 bits per heavy atom. The van der Waals surface area contributed by atoms with Gasteiger partial charge in [0.25, 0.3) is 0 Å². The van der Waals surface area contributed by atoms with Gasteiger partial charge in [0.05, 0.1) is 12.6 Å². The lowest BCUT2D eigenvalue weighted by atomic mass is 9.90. The van der Waals surface area contributed by atoms with Gasteiger partial charge in [-0.1, -0.05) is 30.3 Å². The van der Waals surface area contributed by atoms with Crippen LogP contribution in [0.15, 0.2) is 53.5 Å². The number of para-hydroxylation sites is 1. The van der Waals surface area contributed by atoms with Crippen LogP contribution in [0.4, 0.5) is 0 Å². The average molecular weight is 508 g/mol. The molecule has 1 atom stereocenters. The van der Waals surface area contributed by atoms with E-state index in [-0.39, 0.29) is 35.6 Å². The highest BCUT2D eigenvalue weighted by Gasteiger charge is 2.33. The lowest BCUT2D eigenvalue weighted by Gasteiger charge is -2.38. The van der Waals surface area contributed by atoms with Crippen LogP contribution in [0, 0.1) is 0 Å². The van der Waals surface area contributed by atoms with Crippen molar-refractivity contribution in [3.8, 4) is 5.75 Å². The first-order chi connectivity index (χ1) is 13.4. The largest absolute Gasteiger partial charge is 0.487 e. The number of amides is 1. The molecule has 4 N–H and O–H groups in total. The summed E-state index contributed by atoms with van der Waals surface area (Å²) in [6.07, 6.45) is 0.835. The Morgan fingerprint density at radius 2 is 1.90 bits per heavy atom. The Kier molecular flexibility index (Phi) is 7.89. The van der Waals surface area contributed by atoms with Crippen molar-refractivity contribution >= 4 is 35.8 Å². The summed E-state index contributed by atoms with van der Waals surface area (Å²) >= 11 is 0. The van der Waals surface area contributed by atoms with E-state index >= 15 is 0 Å². The first-order valence-electron chi connectivity index (χ1n) is 9.59. The molecular formula is C22H29IN4O2. The number of hydrogen-bond donors (Lipinski definition) is 3. The zero-order valence-corrected chi connectivity index (χ0v) is 19.4. The zero-order valence-electron chi connectivity index (χ0n) is 17.1. The van der Waals surface area contributed by atoms with E-state index in [0.717, 1.165) is 35.8 Å². The van der Waals surface area contributed by atoms with Gasteiger partial charge in [-0.3, -0.25) is 4.79 Å². The second-order valence-corrected chi connectivity index (χ2v) is 7.56.